The minimum absolute atomic E-state index is 0.0322. The van der Waals surface area contributed by atoms with Crippen LogP contribution in [0.3, 0.4) is 0 Å². The highest BCUT2D eigenvalue weighted by Gasteiger charge is 2.22. The van der Waals surface area contributed by atoms with Crippen LogP contribution in [0.2, 0.25) is 0 Å². The van der Waals surface area contributed by atoms with Crippen LogP contribution < -0.4 is 10.2 Å². The number of anilines is 2. The third-order valence-electron chi connectivity index (χ3n) is 4.86. The Labute approximate surface area is 157 Å². The van der Waals surface area contributed by atoms with E-state index in [1.54, 1.807) is 19.1 Å². The van der Waals surface area contributed by atoms with Gasteiger partial charge in [-0.25, -0.2) is 4.39 Å². The summed E-state index contributed by atoms with van der Waals surface area (Å²) in [6, 6.07) is 8.10. The van der Waals surface area contributed by atoms with Crippen LogP contribution in [0.4, 0.5) is 21.5 Å². The Kier molecular flexibility index (Phi) is 5.39. The Morgan fingerprint density at radius 3 is 2.85 bits per heavy atom. The van der Waals surface area contributed by atoms with Gasteiger partial charge in [0.15, 0.2) is 0 Å². The lowest BCUT2D eigenvalue weighted by molar-refractivity contribution is -0.385. The number of nitrogens with one attached hydrogen (secondary N) is 1. The monoisotopic (exact) mass is 371 g/mol. The van der Waals surface area contributed by atoms with Gasteiger partial charge in [-0.2, -0.15) is 0 Å². The quantitative estimate of drug-likeness (QED) is 0.633. The lowest BCUT2D eigenvalue weighted by Crippen LogP contribution is -2.33. The van der Waals surface area contributed by atoms with Gasteiger partial charge >= 0.3 is 0 Å². The Morgan fingerprint density at radius 1 is 1.33 bits per heavy atom. The van der Waals surface area contributed by atoms with Crippen molar-refractivity contribution in [3.8, 4) is 0 Å². The van der Waals surface area contributed by atoms with Gasteiger partial charge in [-0.1, -0.05) is 12.1 Å². The van der Waals surface area contributed by atoms with E-state index in [0.717, 1.165) is 24.0 Å². The first-order chi connectivity index (χ1) is 12.9. The highest BCUT2D eigenvalue weighted by molar-refractivity contribution is 5.92. The van der Waals surface area contributed by atoms with E-state index in [0.29, 0.717) is 30.0 Å². The van der Waals surface area contributed by atoms with Crippen molar-refractivity contribution in [3.63, 3.8) is 0 Å². The summed E-state index contributed by atoms with van der Waals surface area (Å²) < 4.78 is 14.4. The van der Waals surface area contributed by atoms with Gasteiger partial charge in [0.2, 0.25) is 5.91 Å². The molecule has 6 nitrogen and oxygen atoms in total. The molecule has 0 bridgehead atoms. The summed E-state index contributed by atoms with van der Waals surface area (Å²) in [5.41, 5.74) is 3.28. The molecule has 0 saturated heterocycles. The fraction of sp³-hybridized carbons (Fsp3) is 0.350. The van der Waals surface area contributed by atoms with Gasteiger partial charge in [0.1, 0.15) is 5.82 Å². The lowest BCUT2D eigenvalue weighted by Gasteiger charge is -2.31. The molecule has 1 amide bonds. The fourth-order valence-electron chi connectivity index (χ4n) is 3.55. The molecule has 0 radical (unpaired) electrons. The molecule has 1 N–H and O–H groups in total. The average molecular weight is 371 g/mol. The van der Waals surface area contributed by atoms with Gasteiger partial charge in [-0.3, -0.25) is 14.9 Å². The van der Waals surface area contributed by atoms with E-state index >= 15 is 0 Å². The number of halogens is 1. The number of nitro benzene ring substituents is 1. The number of aryl methyl sites for hydroxylation is 2. The van der Waals surface area contributed by atoms with Crippen molar-refractivity contribution in [2.24, 2.45) is 0 Å². The maximum absolute atomic E-state index is 14.4. The number of carbonyl (C=O) groups excluding carboxylic acids is 1. The number of benzene rings is 2. The molecule has 0 aliphatic carbocycles. The first-order valence-electron chi connectivity index (χ1n) is 8.94. The highest BCUT2D eigenvalue weighted by atomic mass is 19.1. The van der Waals surface area contributed by atoms with E-state index in [4.69, 9.17) is 0 Å². The van der Waals surface area contributed by atoms with Crippen LogP contribution in [0, 0.1) is 29.8 Å². The van der Waals surface area contributed by atoms with Crippen LogP contribution in [-0.4, -0.2) is 23.9 Å². The van der Waals surface area contributed by atoms with E-state index in [2.05, 4.69) is 5.32 Å². The number of carbonyl (C=O) groups is 1. The molecule has 3 rings (SSSR count). The van der Waals surface area contributed by atoms with E-state index < -0.39 is 4.92 Å². The molecule has 142 valence electrons. The number of fused-ring (bicyclic) bond motifs is 1. The van der Waals surface area contributed by atoms with Crippen LogP contribution in [0.25, 0.3) is 0 Å². The Hall–Kier alpha value is -2.96. The molecule has 0 spiro atoms. The number of hydrogen-bond donors (Lipinski definition) is 1. The molecule has 0 fully saturated rings. The van der Waals surface area contributed by atoms with E-state index in [1.807, 2.05) is 17.9 Å². The van der Waals surface area contributed by atoms with Crippen LogP contribution >= 0.6 is 0 Å². The van der Waals surface area contributed by atoms with Crippen molar-refractivity contribution in [2.75, 3.05) is 23.3 Å². The van der Waals surface area contributed by atoms with Gasteiger partial charge in [0.25, 0.3) is 5.69 Å². The molecule has 27 heavy (non-hydrogen) atoms. The summed E-state index contributed by atoms with van der Waals surface area (Å²) in [5.74, 6) is -0.502. The van der Waals surface area contributed by atoms with E-state index in [-0.39, 0.29) is 23.8 Å². The first kappa shape index (κ1) is 18.8. The lowest BCUT2D eigenvalue weighted by atomic mass is 9.99. The van der Waals surface area contributed by atoms with Crippen LogP contribution in [-0.2, 0) is 11.2 Å². The van der Waals surface area contributed by atoms with Crippen molar-refractivity contribution in [1.29, 1.82) is 0 Å². The zero-order chi connectivity index (χ0) is 19.6. The van der Waals surface area contributed by atoms with Gasteiger partial charge in [-0.05, 0) is 49.9 Å². The summed E-state index contributed by atoms with van der Waals surface area (Å²) in [6.45, 7) is 4.58. The molecule has 7 heteroatoms. The summed E-state index contributed by atoms with van der Waals surface area (Å²) in [4.78, 5) is 24.8. The maximum Gasteiger partial charge on any atom is 0.274 e. The van der Waals surface area contributed by atoms with Gasteiger partial charge in [0.05, 0.1) is 21.9 Å². The van der Waals surface area contributed by atoms with Crippen LogP contribution in [0.1, 0.15) is 29.5 Å². The maximum atomic E-state index is 14.4. The van der Waals surface area contributed by atoms with Crippen molar-refractivity contribution in [1.82, 2.24) is 0 Å². The van der Waals surface area contributed by atoms with Crippen LogP contribution in [0.15, 0.2) is 30.3 Å². The third kappa shape index (κ3) is 4.07. The van der Waals surface area contributed by atoms with Gasteiger partial charge < -0.3 is 10.2 Å². The zero-order valence-corrected chi connectivity index (χ0v) is 15.4. The predicted molar refractivity (Wildman–Crippen MR) is 103 cm³/mol. The molecule has 1 aliphatic heterocycles. The molecule has 0 unspecified atom stereocenters. The largest absolute Gasteiger partial charge is 0.368 e. The number of nitrogens with zero attached hydrogens (tertiary/aromatic N) is 2. The van der Waals surface area contributed by atoms with Crippen molar-refractivity contribution in [2.45, 2.75) is 33.1 Å². The molecule has 2 aromatic rings. The van der Waals surface area contributed by atoms with Crippen molar-refractivity contribution < 1.29 is 14.1 Å². The number of amides is 1. The summed E-state index contributed by atoms with van der Waals surface area (Å²) >= 11 is 0. The average Bonchev–Trinajstić information content (AvgIpc) is 2.61. The minimum Gasteiger partial charge on any atom is -0.368 e. The summed E-state index contributed by atoms with van der Waals surface area (Å²) in [6.07, 6.45) is 1.93. The Morgan fingerprint density at radius 2 is 2.11 bits per heavy atom. The van der Waals surface area contributed by atoms with Gasteiger partial charge in [0, 0.05) is 25.6 Å². The molecule has 1 aliphatic rings. The normalized spacial score (nSPS) is 13.2. The van der Waals surface area contributed by atoms with E-state index in [1.165, 1.54) is 12.1 Å². The summed E-state index contributed by atoms with van der Waals surface area (Å²) in [7, 11) is 0. The molecular formula is C20H22FN3O3. The highest BCUT2D eigenvalue weighted by Crippen LogP contribution is 2.31. The van der Waals surface area contributed by atoms with Crippen molar-refractivity contribution >= 4 is 23.0 Å². The van der Waals surface area contributed by atoms with Crippen LogP contribution in [0.5, 0.6) is 0 Å². The third-order valence-corrected chi connectivity index (χ3v) is 4.86. The second-order valence-electron chi connectivity index (χ2n) is 6.85. The standard InChI is InChI=1S/C20H22FN3O3/c1-13-11-15-5-4-9-23(20(15)16(21)12-13)10-8-19(25)22-17-6-3-7-18(14(17)2)24(26)27/h3,6-7,11-12H,4-5,8-10H2,1-2H3,(H,22,25). The molecule has 0 atom stereocenters. The smallest absolute Gasteiger partial charge is 0.274 e. The SMILES string of the molecule is Cc1cc(F)c2c(c1)CCCN2CCC(=O)Nc1cccc([N+](=O)[O-])c1C. The minimum atomic E-state index is -0.472. The second-order valence-corrected chi connectivity index (χ2v) is 6.85. The number of hydrogen-bond acceptors (Lipinski definition) is 4. The number of rotatable bonds is 5. The number of nitro groups is 1. The molecule has 0 aromatic heterocycles. The first-order valence-corrected chi connectivity index (χ1v) is 8.94. The Balaban J connectivity index is 1.68. The Bertz CT molecular complexity index is 898. The zero-order valence-electron chi connectivity index (χ0n) is 15.4. The van der Waals surface area contributed by atoms with Crippen molar-refractivity contribution in [3.05, 3.63) is 63.0 Å². The topological polar surface area (TPSA) is 75.5 Å². The summed E-state index contributed by atoms with van der Waals surface area (Å²) in [5, 5.41) is 13.7. The fourth-order valence-corrected chi connectivity index (χ4v) is 3.55. The molecule has 0 saturated carbocycles. The van der Waals surface area contributed by atoms with E-state index in [9.17, 15) is 19.3 Å². The molecule has 2 aromatic carbocycles. The molecular weight excluding hydrogens is 349 g/mol. The molecule has 1 heterocycles. The second kappa shape index (κ2) is 7.73. The predicted octanol–water partition coefficient (Wildman–Crippen LogP) is 4.13. The van der Waals surface area contributed by atoms with Gasteiger partial charge in [-0.15, -0.1) is 0 Å².